The lowest BCUT2D eigenvalue weighted by Crippen LogP contribution is -2.16. The third-order valence-corrected chi connectivity index (χ3v) is 6.55. The molecule has 1 N–H and O–H groups in total. The van der Waals surface area contributed by atoms with Crippen molar-refractivity contribution >= 4 is 16.5 Å². The molecule has 5 aromatic rings. The summed E-state index contributed by atoms with van der Waals surface area (Å²) in [5.74, 6) is 0. The summed E-state index contributed by atoms with van der Waals surface area (Å²) in [6.45, 7) is 4.44. The van der Waals surface area contributed by atoms with E-state index >= 15 is 0 Å². The van der Waals surface area contributed by atoms with Gasteiger partial charge < -0.3 is 5.32 Å². The maximum absolute atomic E-state index is 5.21. The van der Waals surface area contributed by atoms with Crippen molar-refractivity contribution in [3.8, 4) is 11.3 Å². The third-order valence-electron chi connectivity index (χ3n) is 6.55. The van der Waals surface area contributed by atoms with Crippen molar-refractivity contribution in [2.45, 2.75) is 32.7 Å². The first-order chi connectivity index (χ1) is 16.8. The van der Waals surface area contributed by atoms with Crippen molar-refractivity contribution in [3.05, 3.63) is 132 Å². The van der Waals surface area contributed by atoms with Gasteiger partial charge in [-0.1, -0.05) is 111 Å². The monoisotopic (exact) mass is 442 g/mol. The molecule has 0 saturated heterocycles. The Labute approximate surface area is 202 Å². The van der Waals surface area contributed by atoms with Gasteiger partial charge in [0.05, 0.1) is 17.4 Å². The summed E-state index contributed by atoms with van der Waals surface area (Å²) in [6, 6.07) is 38.6. The summed E-state index contributed by atoms with van der Waals surface area (Å²) in [6.07, 6.45) is 1.97. The number of rotatable bonds is 7. The van der Waals surface area contributed by atoms with Crippen molar-refractivity contribution < 1.29 is 0 Å². The molecule has 4 aromatic carbocycles. The van der Waals surface area contributed by atoms with Crippen molar-refractivity contribution in [1.82, 2.24) is 4.98 Å². The van der Waals surface area contributed by atoms with E-state index in [1.165, 1.54) is 33.2 Å². The Bertz CT molecular complexity index is 1380. The number of para-hydroxylation sites is 1. The quantitative estimate of drug-likeness (QED) is 0.274. The van der Waals surface area contributed by atoms with E-state index in [0.29, 0.717) is 0 Å². The average molecular weight is 443 g/mol. The van der Waals surface area contributed by atoms with Crippen LogP contribution < -0.4 is 5.32 Å². The van der Waals surface area contributed by atoms with Crippen LogP contribution in [-0.2, 0) is 12.8 Å². The second-order valence-corrected chi connectivity index (χ2v) is 8.62. The van der Waals surface area contributed by atoms with Crippen molar-refractivity contribution in [2.75, 3.05) is 5.32 Å². The van der Waals surface area contributed by atoms with Crippen LogP contribution in [0, 0.1) is 0 Å². The highest BCUT2D eigenvalue weighted by molar-refractivity contribution is 5.95. The first-order valence-corrected chi connectivity index (χ1v) is 12.2. The van der Waals surface area contributed by atoms with Gasteiger partial charge in [0.1, 0.15) is 0 Å². The van der Waals surface area contributed by atoms with Crippen LogP contribution in [0.2, 0.25) is 0 Å². The average Bonchev–Trinajstić information content (AvgIpc) is 2.91. The molecule has 0 aliphatic heterocycles. The summed E-state index contributed by atoms with van der Waals surface area (Å²) in [7, 11) is 0. The highest BCUT2D eigenvalue weighted by Crippen LogP contribution is 2.33. The largest absolute Gasteiger partial charge is 0.372 e. The number of anilines is 1. The zero-order chi connectivity index (χ0) is 23.3. The summed E-state index contributed by atoms with van der Waals surface area (Å²) in [5.41, 5.74) is 8.30. The van der Waals surface area contributed by atoms with Gasteiger partial charge >= 0.3 is 0 Å². The second kappa shape index (κ2) is 9.93. The molecule has 5 rings (SSSR count). The highest BCUT2D eigenvalue weighted by Gasteiger charge is 2.19. The van der Waals surface area contributed by atoms with E-state index in [2.05, 4.69) is 128 Å². The molecule has 1 heterocycles. The maximum Gasteiger partial charge on any atom is 0.0940 e. The molecular weight excluding hydrogens is 412 g/mol. The Hall–Kier alpha value is -3.91. The predicted molar refractivity (Wildman–Crippen MR) is 144 cm³/mol. The number of pyridine rings is 1. The number of nitrogens with zero attached hydrogens (tertiary/aromatic N) is 1. The molecule has 0 aliphatic rings. The number of aromatic nitrogens is 1. The van der Waals surface area contributed by atoms with Crippen molar-refractivity contribution in [2.24, 2.45) is 0 Å². The molecule has 0 amide bonds. The smallest absolute Gasteiger partial charge is 0.0940 e. The van der Waals surface area contributed by atoms with Crippen molar-refractivity contribution in [3.63, 3.8) is 0 Å². The lowest BCUT2D eigenvalue weighted by molar-refractivity contribution is 0.879. The molecule has 2 heteroatoms. The number of nitrogens with one attached hydrogen (secondary N) is 1. The zero-order valence-electron chi connectivity index (χ0n) is 19.8. The van der Waals surface area contributed by atoms with Crippen LogP contribution in [0.25, 0.3) is 22.0 Å². The molecule has 1 aromatic heterocycles. The summed E-state index contributed by atoms with van der Waals surface area (Å²) in [5, 5.41) is 6.36. The Kier molecular flexibility index (Phi) is 6.40. The molecule has 0 bridgehead atoms. The van der Waals surface area contributed by atoms with Gasteiger partial charge in [-0.15, -0.1) is 0 Å². The fraction of sp³-hybridized carbons (Fsp3) is 0.156. The first kappa shape index (κ1) is 21.9. The molecule has 34 heavy (non-hydrogen) atoms. The van der Waals surface area contributed by atoms with E-state index in [1.807, 2.05) is 0 Å². The lowest BCUT2D eigenvalue weighted by atomic mass is 9.97. The fourth-order valence-electron chi connectivity index (χ4n) is 4.76. The van der Waals surface area contributed by atoms with Gasteiger partial charge in [0.15, 0.2) is 0 Å². The summed E-state index contributed by atoms with van der Waals surface area (Å²) < 4.78 is 0. The lowest BCUT2D eigenvalue weighted by Gasteiger charge is -2.24. The molecule has 2 nitrogen and oxygen atoms in total. The molecule has 0 fully saturated rings. The number of fused-ring (bicyclic) bond motifs is 1. The molecular formula is C32H30N2. The van der Waals surface area contributed by atoms with Gasteiger partial charge in [-0.05, 0) is 52.4 Å². The minimum absolute atomic E-state index is 0.0471. The minimum atomic E-state index is -0.0471. The van der Waals surface area contributed by atoms with Crippen LogP contribution in [0.5, 0.6) is 0 Å². The molecule has 0 aliphatic carbocycles. The van der Waals surface area contributed by atoms with Gasteiger partial charge in [0.25, 0.3) is 0 Å². The number of aryl methyl sites for hydroxylation is 2. The van der Waals surface area contributed by atoms with Crippen LogP contribution in [0.1, 0.15) is 42.3 Å². The Balaban J connectivity index is 1.63. The Morgan fingerprint density at radius 3 is 2.06 bits per heavy atom. The third kappa shape index (κ3) is 4.32. The van der Waals surface area contributed by atoms with Gasteiger partial charge in [0, 0.05) is 11.3 Å². The first-order valence-electron chi connectivity index (χ1n) is 12.2. The maximum atomic E-state index is 5.21. The minimum Gasteiger partial charge on any atom is -0.372 e. The van der Waals surface area contributed by atoms with Crippen LogP contribution in [0.3, 0.4) is 0 Å². The molecule has 1 unspecified atom stereocenters. The van der Waals surface area contributed by atoms with Gasteiger partial charge in [0.2, 0.25) is 0 Å². The van der Waals surface area contributed by atoms with E-state index in [9.17, 15) is 0 Å². The standard InChI is InChI=1S/C32H30N2/c1-3-23-16-10-17-24(4-2)31(23)34-32(26-14-6-5-7-15-26)30-22-12-21-29(33-30)28-20-11-18-25-13-8-9-19-27(25)28/h5-22,32,34H,3-4H2,1-2H3. The van der Waals surface area contributed by atoms with Gasteiger partial charge in [-0.2, -0.15) is 0 Å². The fourth-order valence-corrected chi connectivity index (χ4v) is 4.76. The molecule has 0 saturated carbocycles. The molecule has 0 spiro atoms. The van der Waals surface area contributed by atoms with E-state index in [1.54, 1.807) is 0 Å². The van der Waals surface area contributed by atoms with Crippen molar-refractivity contribution in [1.29, 1.82) is 0 Å². The van der Waals surface area contributed by atoms with E-state index in [4.69, 9.17) is 4.98 Å². The SMILES string of the molecule is CCc1cccc(CC)c1NC(c1ccccc1)c1cccc(-c2cccc3ccccc23)n1. The van der Waals surface area contributed by atoms with Gasteiger partial charge in [-0.25, -0.2) is 0 Å². The van der Waals surface area contributed by atoms with Crippen LogP contribution >= 0.6 is 0 Å². The molecule has 168 valence electrons. The Morgan fingerprint density at radius 2 is 1.29 bits per heavy atom. The molecule has 0 radical (unpaired) electrons. The van der Waals surface area contributed by atoms with Crippen LogP contribution in [0.4, 0.5) is 5.69 Å². The van der Waals surface area contributed by atoms with E-state index < -0.39 is 0 Å². The number of benzene rings is 4. The second-order valence-electron chi connectivity index (χ2n) is 8.62. The van der Waals surface area contributed by atoms with Gasteiger partial charge in [-0.3, -0.25) is 4.98 Å². The predicted octanol–water partition coefficient (Wildman–Crippen LogP) is 8.23. The zero-order valence-corrected chi connectivity index (χ0v) is 19.8. The van der Waals surface area contributed by atoms with Crippen LogP contribution in [-0.4, -0.2) is 4.98 Å². The normalized spacial score (nSPS) is 11.9. The van der Waals surface area contributed by atoms with E-state index in [0.717, 1.165) is 29.8 Å². The highest BCUT2D eigenvalue weighted by atomic mass is 15.0. The van der Waals surface area contributed by atoms with Crippen LogP contribution in [0.15, 0.2) is 109 Å². The molecule has 1 atom stereocenters. The number of hydrogen-bond donors (Lipinski definition) is 1. The number of hydrogen-bond acceptors (Lipinski definition) is 2. The van der Waals surface area contributed by atoms with E-state index in [-0.39, 0.29) is 6.04 Å². The summed E-state index contributed by atoms with van der Waals surface area (Å²) >= 11 is 0. The topological polar surface area (TPSA) is 24.9 Å². The Morgan fingerprint density at radius 1 is 0.647 bits per heavy atom. The summed E-state index contributed by atoms with van der Waals surface area (Å²) in [4.78, 5) is 5.21.